The molecule has 0 amide bonds. The van der Waals surface area contributed by atoms with Crippen molar-refractivity contribution in [2.75, 3.05) is 37.4 Å². The van der Waals surface area contributed by atoms with E-state index in [9.17, 15) is 0 Å². The maximum atomic E-state index is 8.75. The van der Waals surface area contributed by atoms with Gasteiger partial charge in [-0.25, -0.2) is 4.98 Å². The smallest absolute Gasteiger partial charge is 0.223 e. The van der Waals surface area contributed by atoms with Crippen molar-refractivity contribution < 1.29 is 4.74 Å². The number of rotatable bonds is 6. The number of ether oxygens (including phenoxy) is 1. The first kappa shape index (κ1) is 13.5. The lowest BCUT2D eigenvalue weighted by Crippen LogP contribution is -2.29. The van der Waals surface area contributed by atoms with E-state index in [0.29, 0.717) is 26.1 Å². The monoisotopic (exact) mass is 277 g/mol. The van der Waals surface area contributed by atoms with Crippen LogP contribution in [0.3, 0.4) is 0 Å². The highest BCUT2D eigenvalue weighted by molar-refractivity contribution is 7.16. The standard InChI is InChI=1S/C12H15N5OS/c1-18-7-6-17(5-2-4-13)10-9-3-8-19-11(9)16-12(14)15-10/h3,8H,2,5-7H2,1H3,(H2,14,15,16). The SMILES string of the molecule is COCCN(CCC#N)c1nc(N)nc2sccc12. The Labute approximate surface area is 115 Å². The summed E-state index contributed by atoms with van der Waals surface area (Å²) in [6.45, 7) is 1.84. The zero-order chi connectivity index (χ0) is 13.7. The maximum absolute atomic E-state index is 8.75. The number of thiophene rings is 1. The second-order valence-electron chi connectivity index (χ2n) is 3.93. The van der Waals surface area contributed by atoms with Gasteiger partial charge in [0.15, 0.2) is 0 Å². The molecular weight excluding hydrogens is 262 g/mol. The van der Waals surface area contributed by atoms with Gasteiger partial charge < -0.3 is 15.4 Å². The van der Waals surface area contributed by atoms with Crippen molar-refractivity contribution in [2.24, 2.45) is 0 Å². The Hall–Kier alpha value is -1.91. The van der Waals surface area contributed by atoms with E-state index in [1.54, 1.807) is 7.11 Å². The second-order valence-corrected chi connectivity index (χ2v) is 4.83. The van der Waals surface area contributed by atoms with E-state index in [0.717, 1.165) is 16.0 Å². The topological polar surface area (TPSA) is 88.1 Å². The zero-order valence-corrected chi connectivity index (χ0v) is 11.5. The minimum Gasteiger partial charge on any atom is -0.383 e. The van der Waals surface area contributed by atoms with E-state index < -0.39 is 0 Å². The van der Waals surface area contributed by atoms with Crippen molar-refractivity contribution in [3.63, 3.8) is 0 Å². The average Bonchev–Trinajstić information content (AvgIpc) is 2.86. The van der Waals surface area contributed by atoms with Gasteiger partial charge in [-0.2, -0.15) is 10.2 Å². The Bertz CT molecular complexity index is 591. The Balaban J connectivity index is 2.36. The molecule has 2 aromatic rings. The molecule has 0 fully saturated rings. The molecule has 0 aliphatic rings. The normalized spacial score (nSPS) is 10.5. The predicted molar refractivity (Wildman–Crippen MR) is 76.1 cm³/mol. The highest BCUT2D eigenvalue weighted by atomic mass is 32.1. The van der Waals surface area contributed by atoms with Gasteiger partial charge in [-0.15, -0.1) is 11.3 Å². The molecule has 0 saturated heterocycles. The number of fused-ring (bicyclic) bond motifs is 1. The molecule has 2 N–H and O–H groups in total. The number of anilines is 2. The highest BCUT2D eigenvalue weighted by Crippen LogP contribution is 2.28. The number of hydrogen-bond acceptors (Lipinski definition) is 7. The van der Waals surface area contributed by atoms with Gasteiger partial charge in [0, 0.05) is 20.2 Å². The number of nitrogens with zero attached hydrogens (tertiary/aromatic N) is 4. The van der Waals surface area contributed by atoms with Crippen LogP contribution in [0.25, 0.3) is 10.2 Å². The molecule has 0 aliphatic heterocycles. The summed E-state index contributed by atoms with van der Waals surface area (Å²) in [4.78, 5) is 11.4. The van der Waals surface area contributed by atoms with Gasteiger partial charge in [-0.3, -0.25) is 0 Å². The largest absolute Gasteiger partial charge is 0.383 e. The van der Waals surface area contributed by atoms with E-state index in [1.165, 1.54) is 11.3 Å². The number of hydrogen-bond donors (Lipinski definition) is 1. The third-order valence-electron chi connectivity index (χ3n) is 2.68. The van der Waals surface area contributed by atoms with Crippen LogP contribution in [0.4, 0.5) is 11.8 Å². The van der Waals surface area contributed by atoms with Gasteiger partial charge in [0.05, 0.1) is 24.5 Å². The van der Waals surface area contributed by atoms with Crippen LogP contribution in [-0.2, 0) is 4.74 Å². The van der Waals surface area contributed by atoms with Crippen LogP contribution in [0.1, 0.15) is 6.42 Å². The molecule has 0 spiro atoms. The molecule has 19 heavy (non-hydrogen) atoms. The lowest BCUT2D eigenvalue weighted by molar-refractivity contribution is 0.205. The summed E-state index contributed by atoms with van der Waals surface area (Å²) < 4.78 is 5.10. The summed E-state index contributed by atoms with van der Waals surface area (Å²) in [5, 5.41) is 11.7. The summed E-state index contributed by atoms with van der Waals surface area (Å²) in [5.41, 5.74) is 5.74. The first-order valence-electron chi connectivity index (χ1n) is 5.88. The van der Waals surface area contributed by atoms with Crippen molar-refractivity contribution in [1.82, 2.24) is 9.97 Å². The number of nitrogen functional groups attached to an aromatic ring is 1. The molecule has 100 valence electrons. The van der Waals surface area contributed by atoms with Crippen molar-refractivity contribution in [2.45, 2.75) is 6.42 Å². The van der Waals surface area contributed by atoms with Crippen molar-refractivity contribution >= 4 is 33.3 Å². The van der Waals surface area contributed by atoms with Crippen LogP contribution in [0.5, 0.6) is 0 Å². The van der Waals surface area contributed by atoms with Gasteiger partial charge in [-0.05, 0) is 11.4 Å². The Kier molecular flexibility index (Phi) is 4.49. The molecule has 2 heterocycles. The van der Waals surface area contributed by atoms with E-state index in [2.05, 4.69) is 16.0 Å². The molecule has 0 bridgehead atoms. The molecule has 0 aromatic carbocycles. The Morgan fingerprint density at radius 3 is 3.05 bits per heavy atom. The van der Waals surface area contributed by atoms with Crippen LogP contribution in [0.15, 0.2) is 11.4 Å². The molecule has 2 rings (SSSR count). The van der Waals surface area contributed by atoms with Crippen LogP contribution >= 0.6 is 11.3 Å². The van der Waals surface area contributed by atoms with Crippen LogP contribution < -0.4 is 10.6 Å². The minimum atomic E-state index is 0.254. The van der Waals surface area contributed by atoms with E-state index in [1.807, 2.05) is 16.3 Å². The predicted octanol–water partition coefficient (Wildman–Crippen LogP) is 1.64. The van der Waals surface area contributed by atoms with E-state index >= 15 is 0 Å². The fraction of sp³-hybridized carbons (Fsp3) is 0.417. The van der Waals surface area contributed by atoms with Crippen molar-refractivity contribution in [3.05, 3.63) is 11.4 Å². The summed E-state index contributed by atoms with van der Waals surface area (Å²) in [6.07, 6.45) is 0.430. The van der Waals surface area contributed by atoms with Crippen molar-refractivity contribution in [3.8, 4) is 6.07 Å². The second kappa shape index (κ2) is 6.31. The summed E-state index contributed by atoms with van der Waals surface area (Å²) in [6, 6.07) is 4.12. The van der Waals surface area contributed by atoms with Gasteiger partial charge in [0.2, 0.25) is 5.95 Å². The third kappa shape index (κ3) is 3.10. The number of nitrogens with two attached hydrogens (primary N) is 1. The lowest BCUT2D eigenvalue weighted by Gasteiger charge is -2.23. The highest BCUT2D eigenvalue weighted by Gasteiger charge is 2.14. The number of methoxy groups -OCH3 is 1. The Morgan fingerprint density at radius 2 is 2.32 bits per heavy atom. The van der Waals surface area contributed by atoms with E-state index in [4.69, 9.17) is 15.7 Å². The Morgan fingerprint density at radius 1 is 1.47 bits per heavy atom. The molecule has 7 heteroatoms. The molecule has 0 aliphatic carbocycles. The summed E-state index contributed by atoms with van der Waals surface area (Å²) in [7, 11) is 1.65. The maximum Gasteiger partial charge on any atom is 0.223 e. The fourth-order valence-corrected chi connectivity index (χ4v) is 2.57. The van der Waals surface area contributed by atoms with Crippen LogP contribution in [-0.4, -0.2) is 36.8 Å². The molecule has 0 radical (unpaired) electrons. The van der Waals surface area contributed by atoms with Crippen LogP contribution in [0, 0.1) is 11.3 Å². The van der Waals surface area contributed by atoms with Crippen LogP contribution in [0.2, 0.25) is 0 Å². The van der Waals surface area contributed by atoms with Gasteiger partial charge >= 0.3 is 0 Å². The number of aromatic nitrogens is 2. The van der Waals surface area contributed by atoms with Gasteiger partial charge in [0.1, 0.15) is 10.6 Å². The first-order valence-corrected chi connectivity index (χ1v) is 6.75. The van der Waals surface area contributed by atoms with E-state index in [-0.39, 0.29) is 5.95 Å². The van der Waals surface area contributed by atoms with Crippen molar-refractivity contribution in [1.29, 1.82) is 5.26 Å². The quantitative estimate of drug-likeness (QED) is 0.863. The third-order valence-corrected chi connectivity index (χ3v) is 3.49. The summed E-state index contributed by atoms with van der Waals surface area (Å²) >= 11 is 1.53. The molecule has 0 unspecified atom stereocenters. The average molecular weight is 277 g/mol. The minimum absolute atomic E-state index is 0.254. The summed E-state index contributed by atoms with van der Waals surface area (Å²) in [5.74, 6) is 1.03. The van der Waals surface area contributed by atoms with Gasteiger partial charge in [-0.1, -0.05) is 0 Å². The molecule has 6 nitrogen and oxygen atoms in total. The molecule has 2 aromatic heterocycles. The molecular formula is C12H15N5OS. The zero-order valence-electron chi connectivity index (χ0n) is 10.7. The first-order chi connectivity index (χ1) is 9.26. The molecule has 0 saturated carbocycles. The number of nitriles is 1. The molecule has 0 atom stereocenters. The lowest BCUT2D eigenvalue weighted by atomic mass is 10.3. The van der Waals surface area contributed by atoms with Gasteiger partial charge in [0.25, 0.3) is 0 Å². The fourth-order valence-electron chi connectivity index (χ4n) is 1.81.